The van der Waals surface area contributed by atoms with Crippen LogP contribution in [0.5, 0.6) is 0 Å². The number of hydrogen-bond donors (Lipinski definition) is 1. The minimum Gasteiger partial charge on any atom is -0.330 e. The highest BCUT2D eigenvalue weighted by atomic mass is 79.9. The first kappa shape index (κ1) is 12.9. The third-order valence-electron chi connectivity index (χ3n) is 3.89. The van der Waals surface area contributed by atoms with Crippen molar-refractivity contribution in [1.29, 1.82) is 0 Å². The molecule has 0 aliphatic carbocycles. The zero-order chi connectivity index (χ0) is 13.6. The lowest BCUT2D eigenvalue weighted by molar-refractivity contribution is 0.454. The van der Waals surface area contributed by atoms with Crippen LogP contribution in [0.1, 0.15) is 23.5 Å². The van der Waals surface area contributed by atoms with Crippen molar-refractivity contribution in [2.45, 2.75) is 39.3 Å². The molecule has 0 saturated heterocycles. The van der Waals surface area contributed by atoms with Gasteiger partial charge in [-0.3, -0.25) is 0 Å². The van der Waals surface area contributed by atoms with Crippen LogP contribution < -0.4 is 5.73 Å². The van der Waals surface area contributed by atoms with E-state index in [1.54, 1.807) is 0 Å². The first-order valence-corrected chi connectivity index (χ1v) is 7.43. The number of nitrogens with two attached hydrogens (primary N) is 1. The van der Waals surface area contributed by atoms with E-state index < -0.39 is 0 Å². The first-order valence-electron chi connectivity index (χ1n) is 6.64. The van der Waals surface area contributed by atoms with Crippen LogP contribution in [-0.4, -0.2) is 15.6 Å². The Hall–Kier alpha value is -1.13. The molecule has 2 N–H and O–H groups in total. The van der Waals surface area contributed by atoms with Gasteiger partial charge in [0.25, 0.3) is 0 Å². The Bertz CT molecular complexity index is 631. The van der Waals surface area contributed by atoms with E-state index in [0.29, 0.717) is 0 Å². The van der Waals surface area contributed by atoms with Gasteiger partial charge in [-0.05, 0) is 44.4 Å². The minimum absolute atomic E-state index is 0.261. The van der Waals surface area contributed by atoms with Gasteiger partial charge < -0.3 is 10.3 Å². The highest BCUT2D eigenvalue weighted by Crippen LogP contribution is 2.32. The standard InChI is InChI=1S/C15H18BrN3/c1-9-3-4-11(16)7-13(9)15-14-6-5-12(17)8-19(14)10(2)18-15/h3-4,7,12H,5-6,8,17H2,1-2H3. The van der Waals surface area contributed by atoms with Crippen LogP contribution in [0.2, 0.25) is 0 Å². The molecule has 0 saturated carbocycles. The summed E-state index contributed by atoms with van der Waals surface area (Å²) in [4.78, 5) is 4.79. The van der Waals surface area contributed by atoms with Gasteiger partial charge in [0.1, 0.15) is 5.82 Å². The molecular formula is C15H18BrN3. The van der Waals surface area contributed by atoms with Crippen molar-refractivity contribution in [3.8, 4) is 11.3 Å². The smallest absolute Gasteiger partial charge is 0.106 e. The molecule has 1 unspecified atom stereocenters. The van der Waals surface area contributed by atoms with E-state index >= 15 is 0 Å². The number of aryl methyl sites for hydroxylation is 2. The Labute approximate surface area is 122 Å². The van der Waals surface area contributed by atoms with Crippen molar-refractivity contribution in [2.75, 3.05) is 0 Å². The molecule has 1 aromatic carbocycles. The summed E-state index contributed by atoms with van der Waals surface area (Å²) in [6.45, 7) is 5.09. The second kappa shape index (κ2) is 4.76. The van der Waals surface area contributed by atoms with Crippen molar-refractivity contribution in [3.63, 3.8) is 0 Å². The molecule has 2 heterocycles. The molecule has 4 heteroatoms. The van der Waals surface area contributed by atoms with E-state index in [0.717, 1.165) is 35.4 Å². The second-order valence-electron chi connectivity index (χ2n) is 5.32. The highest BCUT2D eigenvalue weighted by Gasteiger charge is 2.23. The lowest BCUT2D eigenvalue weighted by Crippen LogP contribution is -2.32. The van der Waals surface area contributed by atoms with Gasteiger partial charge in [-0.1, -0.05) is 22.0 Å². The molecule has 1 atom stereocenters. The lowest BCUT2D eigenvalue weighted by Gasteiger charge is -2.22. The second-order valence-corrected chi connectivity index (χ2v) is 6.24. The monoisotopic (exact) mass is 319 g/mol. The highest BCUT2D eigenvalue weighted by molar-refractivity contribution is 9.10. The molecule has 3 rings (SSSR count). The van der Waals surface area contributed by atoms with E-state index in [2.05, 4.69) is 52.5 Å². The molecule has 1 aromatic heterocycles. The average molecular weight is 320 g/mol. The molecule has 0 radical (unpaired) electrons. The van der Waals surface area contributed by atoms with Crippen LogP contribution in [0.3, 0.4) is 0 Å². The molecule has 1 aliphatic rings. The Morgan fingerprint density at radius 3 is 2.95 bits per heavy atom. The predicted octanol–water partition coefficient (Wildman–Crippen LogP) is 3.20. The maximum atomic E-state index is 6.06. The maximum absolute atomic E-state index is 6.06. The molecule has 2 aromatic rings. The molecule has 0 spiro atoms. The maximum Gasteiger partial charge on any atom is 0.106 e. The van der Waals surface area contributed by atoms with E-state index in [4.69, 9.17) is 10.7 Å². The van der Waals surface area contributed by atoms with Gasteiger partial charge in [-0.25, -0.2) is 4.98 Å². The summed E-state index contributed by atoms with van der Waals surface area (Å²) in [5.41, 5.74) is 11.0. The quantitative estimate of drug-likeness (QED) is 0.877. The number of rotatable bonds is 1. The van der Waals surface area contributed by atoms with Gasteiger partial charge in [0, 0.05) is 28.3 Å². The number of halogens is 1. The zero-order valence-electron chi connectivity index (χ0n) is 11.3. The van der Waals surface area contributed by atoms with E-state index in [9.17, 15) is 0 Å². The van der Waals surface area contributed by atoms with Gasteiger partial charge in [0.05, 0.1) is 5.69 Å². The van der Waals surface area contributed by atoms with Crippen LogP contribution in [0, 0.1) is 13.8 Å². The summed E-state index contributed by atoms with van der Waals surface area (Å²) in [6, 6.07) is 6.63. The molecule has 100 valence electrons. The topological polar surface area (TPSA) is 43.8 Å². The lowest BCUT2D eigenvalue weighted by atomic mass is 9.99. The third kappa shape index (κ3) is 2.23. The van der Waals surface area contributed by atoms with Crippen LogP contribution in [-0.2, 0) is 13.0 Å². The summed E-state index contributed by atoms with van der Waals surface area (Å²) in [5.74, 6) is 1.07. The number of fused-ring (bicyclic) bond motifs is 1. The summed E-state index contributed by atoms with van der Waals surface area (Å²) in [5, 5.41) is 0. The summed E-state index contributed by atoms with van der Waals surface area (Å²) >= 11 is 3.55. The van der Waals surface area contributed by atoms with Gasteiger partial charge in [-0.15, -0.1) is 0 Å². The van der Waals surface area contributed by atoms with Crippen LogP contribution >= 0.6 is 15.9 Å². The third-order valence-corrected chi connectivity index (χ3v) is 4.38. The first-order chi connectivity index (χ1) is 9.06. The molecule has 19 heavy (non-hydrogen) atoms. The fourth-order valence-corrected chi connectivity index (χ4v) is 3.18. The van der Waals surface area contributed by atoms with Gasteiger partial charge >= 0.3 is 0 Å². The van der Waals surface area contributed by atoms with Crippen molar-refractivity contribution in [2.24, 2.45) is 5.73 Å². The Kier molecular flexibility index (Phi) is 3.23. The van der Waals surface area contributed by atoms with Crippen molar-refractivity contribution >= 4 is 15.9 Å². The summed E-state index contributed by atoms with van der Waals surface area (Å²) < 4.78 is 3.38. The number of aromatic nitrogens is 2. The fraction of sp³-hybridized carbons (Fsp3) is 0.400. The molecule has 0 fully saturated rings. The summed E-state index contributed by atoms with van der Waals surface area (Å²) in [6.07, 6.45) is 2.06. The zero-order valence-corrected chi connectivity index (χ0v) is 12.9. The fourth-order valence-electron chi connectivity index (χ4n) is 2.82. The van der Waals surface area contributed by atoms with Gasteiger partial charge in [0.2, 0.25) is 0 Å². The number of imidazole rings is 1. The SMILES string of the molecule is Cc1ccc(Br)cc1-c1nc(C)n2c1CCC(N)C2. The normalized spacial score (nSPS) is 18.4. The average Bonchev–Trinajstić information content (AvgIpc) is 2.69. The number of benzene rings is 1. The molecule has 1 aliphatic heterocycles. The molecule has 0 bridgehead atoms. The van der Waals surface area contributed by atoms with E-state index in [1.807, 2.05) is 0 Å². The molecule has 0 amide bonds. The van der Waals surface area contributed by atoms with Crippen LogP contribution in [0.4, 0.5) is 0 Å². The molecular weight excluding hydrogens is 302 g/mol. The van der Waals surface area contributed by atoms with Crippen LogP contribution in [0.15, 0.2) is 22.7 Å². The number of nitrogens with zero attached hydrogens (tertiary/aromatic N) is 2. The molecule has 3 nitrogen and oxygen atoms in total. The van der Waals surface area contributed by atoms with Gasteiger partial charge in [0.15, 0.2) is 0 Å². The number of hydrogen-bond acceptors (Lipinski definition) is 2. The Balaban J connectivity index is 2.16. The van der Waals surface area contributed by atoms with Crippen molar-refractivity contribution in [3.05, 3.63) is 39.8 Å². The van der Waals surface area contributed by atoms with E-state index in [1.165, 1.54) is 16.8 Å². The largest absolute Gasteiger partial charge is 0.330 e. The van der Waals surface area contributed by atoms with Crippen LogP contribution in [0.25, 0.3) is 11.3 Å². The van der Waals surface area contributed by atoms with Gasteiger partial charge in [-0.2, -0.15) is 0 Å². The Morgan fingerprint density at radius 1 is 1.37 bits per heavy atom. The Morgan fingerprint density at radius 2 is 2.16 bits per heavy atom. The minimum atomic E-state index is 0.261. The van der Waals surface area contributed by atoms with E-state index in [-0.39, 0.29) is 6.04 Å². The predicted molar refractivity (Wildman–Crippen MR) is 81.1 cm³/mol. The van der Waals surface area contributed by atoms with Crippen molar-refractivity contribution in [1.82, 2.24) is 9.55 Å². The van der Waals surface area contributed by atoms with Crippen molar-refractivity contribution < 1.29 is 0 Å². The summed E-state index contributed by atoms with van der Waals surface area (Å²) in [7, 11) is 0.